The molecular formula is C17H22BrNO5. The maximum absolute atomic E-state index is 12.4. The molecule has 0 aliphatic carbocycles. The number of imide groups is 1. The van der Waals surface area contributed by atoms with Crippen LogP contribution in [-0.2, 0) is 9.53 Å². The molecule has 1 aromatic rings. The molecule has 2 bridgehead atoms. The largest absolute Gasteiger partial charge is 0.493 e. The van der Waals surface area contributed by atoms with Crippen LogP contribution in [0.25, 0.3) is 0 Å². The summed E-state index contributed by atoms with van der Waals surface area (Å²) < 4.78 is 16.2. The molecule has 0 aromatic heterocycles. The lowest BCUT2D eigenvalue weighted by Gasteiger charge is -2.28. The number of halogens is 1. The second-order valence-corrected chi connectivity index (χ2v) is 7.57. The van der Waals surface area contributed by atoms with Crippen molar-refractivity contribution in [3.8, 4) is 11.5 Å². The van der Waals surface area contributed by atoms with E-state index in [0.29, 0.717) is 11.5 Å². The van der Waals surface area contributed by atoms with Gasteiger partial charge in [0, 0.05) is 6.54 Å². The van der Waals surface area contributed by atoms with Crippen LogP contribution in [0.3, 0.4) is 0 Å². The number of benzene rings is 1. The van der Waals surface area contributed by atoms with Crippen molar-refractivity contribution in [2.45, 2.75) is 37.6 Å². The average molecular weight is 400 g/mol. The number of methoxy groups -OCH3 is 1. The quantitative estimate of drug-likeness (QED) is 0.673. The number of carbonyl (C=O) groups excluding carboxylic acids is 2. The second kappa shape index (κ2) is 7.42. The number of hydrogen-bond donors (Lipinski definition) is 0. The van der Waals surface area contributed by atoms with Crippen LogP contribution >= 0.6 is 15.9 Å². The number of fused-ring (bicyclic) bond motifs is 2. The normalized spacial score (nSPS) is 18.6. The third-order valence-corrected chi connectivity index (χ3v) is 4.20. The highest BCUT2D eigenvalue weighted by Crippen LogP contribution is 2.34. The first-order chi connectivity index (χ1) is 11.2. The molecule has 0 saturated carbocycles. The van der Waals surface area contributed by atoms with Crippen molar-refractivity contribution < 1.29 is 23.8 Å². The lowest BCUT2D eigenvalue weighted by atomic mass is 10.1. The summed E-state index contributed by atoms with van der Waals surface area (Å²) in [7, 11) is 1.56. The van der Waals surface area contributed by atoms with Gasteiger partial charge in [0.15, 0.2) is 11.5 Å². The Morgan fingerprint density at radius 3 is 2.71 bits per heavy atom. The minimum atomic E-state index is -0.668. The van der Waals surface area contributed by atoms with Crippen LogP contribution in [0.15, 0.2) is 18.2 Å². The number of carbonyl (C=O) groups is 2. The monoisotopic (exact) mass is 399 g/mol. The van der Waals surface area contributed by atoms with Gasteiger partial charge in [0.25, 0.3) is 0 Å². The average Bonchev–Trinajstić information content (AvgIpc) is 2.49. The summed E-state index contributed by atoms with van der Waals surface area (Å²) in [5.74, 6) is 0.853. The van der Waals surface area contributed by atoms with Gasteiger partial charge in [-0.15, -0.1) is 0 Å². The number of ether oxygens (including phenoxy) is 3. The first kappa shape index (κ1) is 18.6. The Labute approximate surface area is 150 Å². The van der Waals surface area contributed by atoms with Crippen molar-refractivity contribution in [1.82, 2.24) is 4.90 Å². The van der Waals surface area contributed by atoms with Gasteiger partial charge in [-0.3, -0.25) is 4.79 Å². The van der Waals surface area contributed by atoms with Crippen LogP contribution in [0.5, 0.6) is 11.5 Å². The molecule has 6 nitrogen and oxygen atoms in total. The van der Waals surface area contributed by atoms with Gasteiger partial charge in [0.1, 0.15) is 5.60 Å². The molecule has 132 valence electrons. The number of rotatable bonds is 1. The van der Waals surface area contributed by atoms with Crippen LogP contribution < -0.4 is 9.47 Å². The molecule has 2 rings (SSSR count). The van der Waals surface area contributed by atoms with Crippen molar-refractivity contribution >= 4 is 27.9 Å². The molecule has 7 heteroatoms. The number of nitrogens with zero attached hydrogens (tertiary/aromatic N) is 1. The molecule has 1 aliphatic rings. The van der Waals surface area contributed by atoms with Crippen LogP contribution in [-0.4, -0.2) is 42.8 Å². The Kier molecular flexibility index (Phi) is 5.74. The lowest BCUT2D eigenvalue weighted by molar-refractivity contribution is -0.130. The lowest BCUT2D eigenvalue weighted by Crippen LogP contribution is -2.43. The molecule has 1 aromatic carbocycles. The van der Waals surface area contributed by atoms with Crippen molar-refractivity contribution in [3.05, 3.63) is 23.8 Å². The molecule has 1 atom stereocenters. The zero-order valence-corrected chi connectivity index (χ0v) is 15.9. The predicted molar refractivity (Wildman–Crippen MR) is 92.7 cm³/mol. The maximum Gasteiger partial charge on any atom is 0.417 e. The first-order valence-electron chi connectivity index (χ1n) is 7.69. The highest BCUT2D eigenvalue weighted by molar-refractivity contribution is 9.09. The van der Waals surface area contributed by atoms with Crippen LogP contribution in [0.2, 0.25) is 0 Å². The van der Waals surface area contributed by atoms with E-state index in [9.17, 15) is 9.59 Å². The van der Waals surface area contributed by atoms with E-state index in [1.807, 2.05) is 12.1 Å². The molecule has 2 amide bonds. The molecule has 0 radical (unpaired) electrons. The van der Waals surface area contributed by atoms with E-state index in [4.69, 9.17) is 14.2 Å². The number of alkyl halides is 1. The summed E-state index contributed by atoms with van der Waals surface area (Å²) in [6.45, 7) is 5.63. The minimum absolute atomic E-state index is 0.0757. The molecule has 0 spiro atoms. The van der Waals surface area contributed by atoms with Gasteiger partial charge >= 0.3 is 6.09 Å². The molecule has 1 unspecified atom stereocenters. The number of hydrogen-bond acceptors (Lipinski definition) is 5. The number of amides is 2. The summed E-state index contributed by atoms with van der Waals surface area (Å²) in [6, 6.07) is 5.52. The Morgan fingerprint density at radius 2 is 2.08 bits per heavy atom. The molecule has 1 heterocycles. The Balaban J connectivity index is 2.28. The van der Waals surface area contributed by atoms with Crippen molar-refractivity contribution in [1.29, 1.82) is 0 Å². The summed E-state index contributed by atoms with van der Waals surface area (Å²) in [5, 5.41) is 0. The van der Waals surface area contributed by atoms with Crippen LogP contribution in [0, 0.1) is 0 Å². The summed E-state index contributed by atoms with van der Waals surface area (Å²) >= 11 is 3.54. The van der Waals surface area contributed by atoms with Gasteiger partial charge in [0.05, 0.1) is 25.0 Å². The zero-order chi connectivity index (χ0) is 17.9. The highest BCUT2D eigenvalue weighted by Gasteiger charge is 2.30. The highest BCUT2D eigenvalue weighted by atomic mass is 79.9. The topological polar surface area (TPSA) is 65.1 Å². The molecule has 0 fully saturated rings. The van der Waals surface area contributed by atoms with Crippen LogP contribution in [0.1, 0.15) is 37.6 Å². The smallest absolute Gasteiger partial charge is 0.417 e. The van der Waals surface area contributed by atoms with Gasteiger partial charge in [-0.25, -0.2) is 9.69 Å². The fraction of sp³-hybridized carbons (Fsp3) is 0.529. The molecule has 1 aliphatic heterocycles. The third-order valence-electron chi connectivity index (χ3n) is 3.38. The molecular weight excluding hydrogens is 378 g/mol. The van der Waals surface area contributed by atoms with Gasteiger partial charge in [-0.05, 0) is 38.5 Å². The van der Waals surface area contributed by atoms with Crippen molar-refractivity contribution in [2.75, 3.05) is 20.3 Å². The van der Waals surface area contributed by atoms with Crippen molar-refractivity contribution in [3.63, 3.8) is 0 Å². The zero-order valence-electron chi connectivity index (χ0n) is 14.3. The fourth-order valence-electron chi connectivity index (χ4n) is 2.25. The molecule has 0 saturated heterocycles. The van der Waals surface area contributed by atoms with E-state index in [1.165, 1.54) is 0 Å². The van der Waals surface area contributed by atoms with E-state index in [1.54, 1.807) is 33.9 Å². The van der Waals surface area contributed by atoms with Gasteiger partial charge in [0.2, 0.25) is 5.91 Å². The standard InChI is InChI=1S/C17H22BrNO5/c1-17(2,3)24-16(21)19-10-12(18)11-5-6-13(22-4)14(9-11)23-8-7-15(19)20/h5-6,9,12H,7-8,10H2,1-4H3. The molecule has 24 heavy (non-hydrogen) atoms. The minimum Gasteiger partial charge on any atom is -0.493 e. The Morgan fingerprint density at radius 1 is 1.38 bits per heavy atom. The summed E-state index contributed by atoms with van der Waals surface area (Å²) in [5.41, 5.74) is 0.215. The predicted octanol–water partition coefficient (Wildman–Crippen LogP) is 3.68. The first-order valence-corrected chi connectivity index (χ1v) is 8.61. The second-order valence-electron chi connectivity index (χ2n) is 6.46. The van der Waals surface area contributed by atoms with Crippen molar-refractivity contribution in [2.24, 2.45) is 0 Å². The van der Waals surface area contributed by atoms with Gasteiger partial charge in [-0.1, -0.05) is 22.0 Å². The van der Waals surface area contributed by atoms with E-state index < -0.39 is 11.7 Å². The summed E-state index contributed by atoms with van der Waals surface area (Å²) in [4.78, 5) is 25.7. The SMILES string of the molecule is COc1ccc2cc1OCCC(=O)N(C(=O)OC(C)(C)C)CC2Br. The van der Waals surface area contributed by atoms with Crippen LogP contribution in [0.4, 0.5) is 4.79 Å². The third kappa shape index (κ3) is 4.63. The Bertz CT molecular complexity index is 626. The fourth-order valence-corrected chi connectivity index (χ4v) is 2.82. The van der Waals surface area contributed by atoms with E-state index in [-0.39, 0.29) is 30.3 Å². The Hall–Kier alpha value is -1.76. The van der Waals surface area contributed by atoms with Gasteiger partial charge in [-0.2, -0.15) is 0 Å². The van der Waals surface area contributed by atoms with E-state index in [2.05, 4.69) is 15.9 Å². The summed E-state index contributed by atoms with van der Waals surface area (Å²) in [6.07, 6.45) is -0.571. The molecule has 0 N–H and O–H groups in total. The van der Waals surface area contributed by atoms with E-state index in [0.717, 1.165) is 10.5 Å². The van der Waals surface area contributed by atoms with E-state index >= 15 is 0 Å². The maximum atomic E-state index is 12.4. The van der Waals surface area contributed by atoms with Gasteiger partial charge < -0.3 is 14.2 Å².